The highest BCUT2D eigenvalue weighted by Gasteiger charge is 2.26. The molecule has 0 aromatic carbocycles. The molecule has 0 saturated carbocycles. The SMILES string of the molecule is CCCNC(Cc1nc(-c2ncc[nH]2)no1)C(C)(C)C. The first-order chi connectivity index (χ1) is 9.50. The van der Waals surface area contributed by atoms with E-state index in [2.05, 4.69) is 53.1 Å². The van der Waals surface area contributed by atoms with Gasteiger partial charge in [-0.05, 0) is 18.4 Å². The lowest BCUT2D eigenvalue weighted by Crippen LogP contribution is -2.42. The van der Waals surface area contributed by atoms with Crippen LogP contribution in [0.2, 0.25) is 0 Å². The summed E-state index contributed by atoms with van der Waals surface area (Å²) in [6.07, 6.45) is 5.24. The van der Waals surface area contributed by atoms with Gasteiger partial charge in [0.25, 0.3) is 0 Å². The molecule has 0 fully saturated rings. The lowest BCUT2D eigenvalue weighted by atomic mass is 9.84. The molecule has 2 N–H and O–H groups in total. The van der Waals surface area contributed by atoms with Crippen molar-refractivity contribution in [2.24, 2.45) is 5.41 Å². The van der Waals surface area contributed by atoms with Gasteiger partial charge in [0, 0.05) is 24.9 Å². The first kappa shape index (κ1) is 14.7. The van der Waals surface area contributed by atoms with Gasteiger partial charge in [0.15, 0.2) is 5.82 Å². The molecule has 2 heterocycles. The molecule has 6 nitrogen and oxygen atoms in total. The molecule has 0 aliphatic rings. The molecule has 2 aromatic rings. The molecule has 1 atom stereocenters. The van der Waals surface area contributed by atoms with Crippen molar-refractivity contribution in [2.45, 2.75) is 46.6 Å². The maximum atomic E-state index is 5.33. The van der Waals surface area contributed by atoms with E-state index in [9.17, 15) is 0 Å². The van der Waals surface area contributed by atoms with E-state index in [-0.39, 0.29) is 5.41 Å². The van der Waals surface area contributed by atoms with Crippen LogP contribution in [0.25, 0.3) is 11.6 Å². The number of hydrogen-bond donors (Lipinski definition) is 2. The molecule has 0 aliphatic carbocycles. The molecule has 0 bridgehead atoms. The fourth-order valence-electron chi connectivity index (χ4n) is 2.00. The average molecular weight is 277 g/mol. The second-order valence-corrected chi connectivity index (χ2v) is 6.03. The van der Waals surface area contributed by atoms with Crippen LogP contribution in [-0.4, -0.2) is 32.7 Å². The van der Waals surface area contributed by atoms with Gasteiger partial charge in [0.05, 0.1) is 0 Å². The van der Waals surface area contributed by atoms with Gasteiger partial charge in [0.1, 0.15) is 0 Å². The van der Waals surface area contributed by atoms with E-state index >= 15 is 0 Å². The molecule has 0 radical (unpaired) electrons. The van der Waals surface area contributed by atoms with Crippen LogP contribution in [0.1, 0.15) is 40.0 Å². The summed E-state index contributed by atoms with van der Waals surface area (Å²) in [7, 11) is 0. The van der Waals surface area contributed by atoms with Gasteiger partial charge < -0.3 is 14.8 Å². The van der Waals surface area contributed by atoms with E-state index in [1.54, 1.807) is 12.4 Å². The molecule has 0 aliphatic heterocycles. The van der Waals surface area contributed by atoms with Crippen molar-refractivity contribution in [3.05, 3.63) is 18.3 Å². The van der Waals surface area contributed by atoms with Gasteiger partial charge in [-0.25, -0.2) is 4.98 Å². The number of aromatic amines is 1. The van der Waals surface area contributed by atoms with Crippen LogP contribution in [0.15, 0.2) is 16.9 Å². The zero-order valence-electron chi connectivity index (χ0n) is 12.6. The number of H-pyrrole nitrogens is 1. The molecular formula is C14H23N5O. The number of imidazole rings is 1. The zero-order chi connectivity index (χ0) is 14.6. The largest absolute Gasteiger partial charge is 0.342 e. The average Bonchev–Trinajstić information content (AvgIpc) is 3.03. The standard InChI is InChI=1S/C14H23N5O/c1-5-6-15-10(14(2,3)4)9-11-18-13(19-20-11)12-16-7-8-17-12/h7-8,10,15H,5-6,9H2,1-4H3,(H,16,17). The lowest BCUT2D eigenvalue weighted by molar-refractivity contribution is 0.244. The van der Waals surface area contributed by atoms with Crippen molar-refractivity contribution < 1.29 is 4.52 Å². The van der Waals surface area contributed by atoms with Gasteiger partial charge in [-0.2, -0.15) is 4.98 Å². The smallest absolute Gasteiger partial charge is 0.238 e. The summed E-state index contributed by atoms with van der Waals surface area (Å²) in [6, 6.07) is 0.298. The van der Waals surface area contributed by atoms with Gasteiger partial charge in [-0.3, -0.25) is 0 Å². The Morgan fingerprint density at radius 1 is 1.40 bits per heavy atom. The van der Waals surface area contributed by atoms with Crippen molar-refractivity contribution in [1.29, 1.82) is 0 Å². The highest BCUT2D eigenvalue weighted by Crippen LogP contribution is 2.23. The molecular weight excluding hydrogens is 254 g/mol. The normalized spacial score (nSPS) is 13.6. The summed E-state index contributed by atoms with van der Waals surface area (Å²) >= 11 is 0. The Hall–Kier alpha value is -1.69. The van der Waals surface area contributed by atoms with Crippen molar-refractivity contribution in [3.63, 3.8) is 0 Å². The Morgan fingerprint density at radius 3 is 2.80 bits per heavy atom. The monoisotopic (exact) mass is 277 g/mol. The summed E-state index contributed by atoms with van der Waals surface area (Å²) in [5.74, 6) is 1.78. The predicted molar refractivity (Wildman–Crippen MR) is 77.1 cm³/mol. The second-order valence-electron chi connectivity index (χ2n) is 6.03. The number of rotatable bonds is 6. The van der Waals surface area contributed by atoms with E-state index < -0.39 is 0 Å². The van der Waals surface area contributed by atoms with E-state index in [0.29, 0.717) is 23.6 Å². The summed E-state index contributed by atoms with van der Waals surface area (Å²) in [5.41, 5.74) is 0.133. The third-order valence-electron chi connectivity index (χ3n) is 3.24. The van der Waals surface area contributed by atoms with Crippen LogP contribution in [0.4, 0.5) is 0 Å². The zero-order valence-corrected chi connectivity index (χ0v) is 12.6. The Labute approximate surface area is 119 Å². The van der Waals surface area contributed by atoms with Crippen LogP contribution in [0.5, 0.6) is 0 Å². The minimum Gasteiger partial charge on any atom is -0.342 e. The minimum absolute atomic E-state index is 0.133. The molecule has 0 spiro atoms. The number of aromatic nitrogens is 4. The van der Waals surface area contributed by atoms with Gasteiger partial charge in [0.2, 0.25) is 11.7 Å². The predicted octanol–water partition coefficient (Wildman–Crippen LogP) is 2.42. The van der Waals surface area contributed by atoms with Gasteiger partial charge >= 0.3 is 0 Å². The second kappa shape index (κ2) is 6.17. The molecule has 0 saturated heterocycles. The summed E-state index contributed by atoms with van der Waals surface area (Å²) in [5, 5.41) is 7.52. The molecule has 1 unspecified atom stereocenters. The van der Waals surface area contributed by atoms with Gasteiger partial charge in [-0.1, -0.05) is 32.9 Å². The van der Waals surface area contributed by atoms with Crippen LogP contribution in [0.3, 0.4) is 0 Å². The number of nitrogens with zero attached hydrogens (tertiary/aromatic N) is 3. The van der Waals surface area contributed by atoms with Crippen LogP contribution < -0.4 is 5.32 Å². The third-order valence-corrected chi connectivity index (χ3v) is 3.24. The van der Waals surface area contributed by atoms with Crippen molar-refractivity contribution >= 4 is 0 Å². The highest BCUT2D eigenvalue weighted by molar-refractivity contribution is 5.40. The Morgan fingerprint density at radius 2 is 2.20 bits per heavy atom. The first-order valence-corrected chi connectivity index (χ1v) is 7.06. The van der Waals surface area contributed by atoms with E-state index in [1.165, 1.54) is 0 Å². The Bertz CT molecular complexity index is 512. The minimum atomic E-state index is 0.133. The molecule has 0 amide bonds. The van der Waals surface area contributed by atoms with Crippen molar-refractivity contribution in [2.75, 3.05) is 6.54 Å². The summed E-state index contributed by atoms with van der Waals surface area (Å²) in [6.45, 7) is 9.79. The number of nitrogens with one attached hydrogen (secondary N) is 2. The maximum Gasteiger partial charge on any atom is 0.238 e. The molecule has 6 heteroatoms. The highest BCUT2D eigenvalue weighted by atomic mass is 16.5. The summed E-state index contributed by atoms with van der Waals surface area (Å²) in [4.78, 5) is 11.5. The topological polar surface area (TPSA) is 79.6 Å². The number of hydrogen-bond acceptors (Lipinski definition) is 5. The van der Waals surface area contributed by atoms with Gasteiger partial charge in [-0.15, -0.1) is 0 Å². The van der Waals surface area contributed by atoms with Crippen LogP contribution in [0, 0.1) is 5.41 Å². The molecule has 2 rings (SSSR count). The lowest BCUT2D eigenvalue weighted by Gasteiger charge is -2.30. The van der Waals surface area contributed by atoms with Crippen LogP contribution >= 0.6 is 0 Å². The van der Waals surface area contributed by atoms with E-state index in [0.717, 1.165) is 19.4 Å². The third kappa shape index (κ3) is 3.66. The molecule has 110 valence electrons. The quantitative estimate of drug-likeness (QED) is 0.847. The fourth-order valence-corrected chi connectivity index (χ4v) is 2.00. The van der Waals surface area contributed by atoms with Crippen molar-refractivity contribution in [3.8, 4) is 11.6 Å². The maximum absolute atomic E-state index is 5.33. The fraction of sp³-hybridized carbons (Fsp3) is 0.643. The summed E-state index contributed by atoms with van der Waals surface area (Å²) < 4.78 is 5.33. The molecule has 2 aromatic heterocycles. The van der Waals surface area contributed by atoms with Crippen LogP contribution in [-0.2, 0) is 6.42 Å². The van der Waals surface area contributed by atoms with E-state index in [1.807, 2.05) is 0 Å². The Kier molecular flexibility index (Phi) is 4.54. The Balaban J connectivity index is 2.07. The first-order valence-electron chi connectivity index (χ1n) is 7.06. The van der Waals surface area contributed by atoms with E-state index in [4.69, 9.17) is 4.52 Å². The molecule has 20 heavy (non-hydrogen) atoms. The van der Waals surface area contributed by atoms with Crippen molar-refractivity contribution in [1.82, 2.24) is 25.4 Å².